The van der Waals surface area contributed by atoms with E-state index in [1.165, 1.54) is 6.07 Å². The van der Waals surface area contributed by atoms with Gasteiger partial charge in [-0.3, -0.25) is 5.11 Å². The minimum Gasteiger partial charge on any atom is -0.504 e. The highest BCUT2D eigenvalue weighted by molar-refractivity contribution is 5.48. The van der Waals surface area contributed by atoms with Crippen LogP contribution >= 0.6 is 0 Å². The molecule has 2 heteroatoms. The van der Waals surface area contributed by atoms with Crippen LogP contribution in [-0.4, -0.2) is 5.11 Å². The number of aromatic hydroxyl groups is 1. The van der Waals surface area contributed by atoms with Crippen molar-refractivity contribution < 1.29 is 10.2 Å². The molecule has 0 saturated carbocycles. The second kappa shape index (κ2) is 4.51. The first-order chi connectivity index (χ1) is 6.69. The molecule has 0 bridgehead atoms. The lowest BCUT2D eigenvalue weighted by Crippen LogP contribution is -1.87. The predicted molar refractivity (Wildman–Crippen MR) is 56.0 cm³/mol. The molecule has 1 rings (SSSR count). The van der Waals surface area contributed by atoms with Crippen LogP contribution in [0.2, 0.25) is 0 Å². The number of rotatable bonds is 4. The van der Waals surface area contributed by atoms with Gasteiger partial charge >= 0.3 is 0 Å². The zero-order valence-electron chi connectivity index (χ0n) is 7.99. The lowest BCUT2D eigenvalue weighted by molar-refractivity contribution is 0.323. The Morgan fingerprint density at radius 3 is 2.43 bits per heavy atom. The lowest BCUT2D eigenvalue weighted by atomic mass is 10.0. The highest BCUT2D eigenvalue weighted by Crippen LogP contribution is 2.31. The molecule has 0 fully saturated rings. The molecule has 0 aromatic heterocycles. The lowest BCUT2D eigenvalue weighted by Gasteiger charge is -2.05. The SMILES string of the molecule is C=CCc1cc([O])c(O)c(CC=C)c1. The third-order valence-electron chi connectivity index (χ3n) is 1.96. The molecular weight excluding hydrogens is 176 g/mol. The summed E-state index contributed by atoms with van der Waals surface area (Å²) in [7, 11) is 0. The summed E-state index contributed by atoms with van der Waals surface area (Å²) in [6.45, 7) is 7.17. The number of allylic oxidation sites excluding steroid dienone is 2. The largest absolute Gasteiger partial charge is 0.504 e. The van der Waals surface area contributed by atoms with Gasteiger partial charge in [0.2, 0.25) is 5.75 Å². The number of phenolic OH excluding ortho intramolecular Hbond substituents is 1. The number of benzene rings is 1. The van der Waals surface area contributed by atoms with Crippen LogP contribution in [0.25, 0.3) is 0 Å². The molecule has 2 nitrogen and oxygen atoms in total. The maximum absolute atomic E-state index is 11.3. The molecule has 73 valence electrons. The molecule has 0 unspecified atom stereocenters. The van der Waals surface area contributed by atoms with Gasteiger partial charge in [0.15, 0.2) is 5.75 Å². The Hall–Kier alpha value is -1.70. The summed E-state index contributed by atoms with van der Waals surface area (Å²) in [6.07, 6.45) is 4.53. The fraction of sp³-hybridized carbons (Fsp3) is 0.167. The fourth-order valence-electron chi connectivity index (χ4n) is 1.32. The molecule has 1 radical (unpaired) electrons. The second-order valence-electron chi connectivity index (χ2n) is 3.09. The molecule has 0 spiro atoms. The van der Waals surface area contributed by atoms with Gasteiger partial charge in [-0.15, -0.1) is 13.2 Å². The van der Waals surface area contributed by atoms with Crippen molar-refractivity contribution in [1.82, 2.24) is 0 Å². The minimum absolute atomic E-state index is 0.169. The summed E-state index contributed by atoms with van der Waals surface area (Å²) in [5, 5.41) is 20.7. The van der Waals surface area contributed by atoms with Gasteiger partial charge in [0.25, 0.3) is 0 Å². The third-order valence-corrected chi connectivity index (χ3v) is 1.96. The van der Waals surface area contributed by atoms with E-state index in [4.69, 9.17) is 0 Å². The highest BCUT2D eigenvalue weighted by atomic mass is 16.3. The summed E-state index contributed by atoms with van der Waals surface area (Å²) < 4.78 is 0. The summed E-state index contributed by atoms with van der Waals surface area (Å²) in [4.78, 5) is 0. The Morgan fingerprint density at radius 2 is 1.86 bits per heavy atom. The van der Waals surface area contributed by atoms with Crippen LogP contribution in [-0.2, 0) is 17.9 Å². The van der Waals surface area contributed by atoms with E-state index in [1.54, 1.807) is 18.2 Å². The Kier molecular flexibility index (Phi) is 3.35. The molecule has 0 saturated heterocycles. The molecule has 1 N–H and O–H groups in total. The summed E-state index contributed by atoms with van der Waals surface area (Å²) in [5.41, 5.74) is 1.50. The number of phenols is 1. The monoisotopic (exact) mass is 189 g/mol. The van der Waals surface area contributed by atoms with Crippen molar-refractivity contribution in [2.24, 2.45) is 0 Å². The van der Waals surface area contributed by atoms with E-state index < -0.39 is 0 Å². The van der Waals surface area contributed by atoms with Crippen LogP contribution in [0.1, 0.15) is 11.1 Å². The Balaban J connectivity index is 3.12. The van der Waals surface area contributed by atoms with E-state index in [1.807, 2.05) is 0 Å². The van der Waals surface area contributed by atoms with Crippen molar-refractivity contribution in [1.29, 1.82) is 0 Å². The Labute approximate surface area is 83.8 Å². The summed E-state index contributed by atoms with van der Waals surface area (Å²) >= 11 is 0. The molecule has 1 aromatic carbocycles. The van der Waals surface area contributed by atoms with Crippen LogP contribution in [0.15, 0.2) is 37.4 Å². The maximum atomic E-state index is 11.3. The van der Waals surface area contributed by atoms with Gasteiger partial charge in [0, 0.05) is 5.56 Å². The van der Waals surface area contributed by atoms with Gasteiger partial charge in [-0.05, 0) is 24.5 Å². The zero-order chi connectivity index (χ0) is 10.6. The Morgan fingerprint density at radius 1 is 1.21 bits per heavy atom. The van der Waals surface area contributed by atoms with Crippen LogP contribution in [0.3, 0.4) is 0 Å². The molecule has 0 heterocycles. The van der Waals surface area contributed by atoms with E-state index >= 15 is 0 Å². The first-order valence-electron chi connectivity index (χ1n) is 4.42. The quantitative estimate of drug-likeness (QED) is 0.726. The van der Waals surface area contributed by atoms with E-state index in [0.717, 1.165) is 5.56 Å². The standard InChI is InChI=1S/C12H13O2/c1-3-5-9-7-10(6-4-2)12(14)11(13)8-9/h3-4,7-8,14H,1-2,5-6H2. The van der Waals surface area contributed by atoms with Crippen LogP contribution in [0.4, 0.5) is 0 Å². The summed E-state index contributed by atoms with van der Waals surface area (Å²) in [6, 6.07) is 3.24. The van der Waals surface area contributed by atoms with Crippen molar-refractivity contribution in [2.75, 3.05) is 0 Å². The van der Waals surface area contributed by atoms with Crippen LogP contribution < -0.4 is 0 Å². The van der Waals surface area contributed by atoms with Crippen molar-refractivity contribution in [2.45, 2.75) is 12.8 Å². The predicted octanol–water partition coefficient (Wildman–Crippen LogP) is 2.99. The van der Waals surface area contributed by atoms with E-state index in [-0.39, 0.29) is 11.5 Å². The van der Waals surface area contributed by atoms with E-state index in [0.29, 0.717) is 18.4 Å². The van der Waals surface area contributed by atoms with E-state index in [9.17, 15) is 10.2 Å². The van der Waals surface area contributed by atoms with Crippen molar-refractivity contribution in [3.05, 3.63) is 48.6 Å². The smallest absolute Gasteiger partial charge is 0.220 e. The van der Waals surface area contributed by atoms with Gasteiger partial charge in [-0.1, -0.05) is 18.2 Å². The topological polar surface area (TPSA) is 40.1 Å². The van der Waals surface area contributed by atoms with E-state index in [2.05, 4.69) is 13.2 Å². The molecule has 0 amide bonds. The van der Waals surface area contributed by atoms with Crippen LogP contribution in [0, 0.1) is 0 Å². The fourth-order valence-corrected chi connectivity index (χ4v) is 1.32. The van der Waals surface area contributed by atoms with Gasteiger partial charge in [-0.25, -0.2) is 0 Å². The molecule has 0 aliphatic rings. The highest BCUT2D eigenvalue weighted by Gasteiger charge is 2.08. The molecule has 1 aromatic rings. The number of hydrogen-bond acceptors (Lipinski definition) is 1. The van der Waals surface area contributed by atoms with Gasteiger partial charge in [0.1, 0.15) is 0 Å². The van der Waals surface area contributed by atoms with Crippen LogP contribution in [0.5, 0.6) is 11.5 Å². The number of hydrogen-bond donors (Lipinski definition) is 1. The average molecular weight is 189 g/mol. The first kappa shape index (κ1) is 10.4. The van der Waals surface area contributed by atoms with Crippen molar-refractivity contribution in [3.63, 3.8) is 0 Å². The zero-order valence-corrected chi connectivity index (χ0v) is 7.99. The third kappa shape index (κ3) is 2.16. The molecule has 0 aliphatic heterocycles. The average Bonchev–Trinajstić information content (AvgIpc) is 2.14. The first-order valence-corrected chi connectivity index (χ1v) is 4.42. The molecule has 0 aliphatic carbocycles. The van der Waals surface area contributed by atoms with Crippen molar-refractivity contribution in [3.8, 4) is 11.5 Å². The summed E-state index contributed by atoms with van der Waals surface area (Å²) in [5.74, 6) is -0.501. The Bertz CT molecular complexity index is 354. The van der Waals surface area contributed by atoms with Gasteiger partial charge in [0.05, 0.1) is 0 Å². The maximum Gasteiger partial charge on any atom is 0.220 e. The second-order valence-corrected chi connectivity index (χ2v) is 3.09. The van der Waals surface area contributed by atoms with Gasteiger partial charge in [-0.2, -0.15) is 0 Å². The van der Waals surface area contributed by atoms with Crippen molar-refractivity contribution >= 4 is 0 Å². The minimum atomic E-state index is -0.332. The van der Waals surface area contributed by atoms with Gasteiger partial charge < -0.3 is 5.11 Å². The normalized spacial score (nSPS) is 9.71. The molecule has 0 atom stereocenters. The molecular formula is C12H13O2. The molecule has 14 heavy (non-hydrogen) atoms.